The SMILES string of the molecule is O=C(Nc1cc(-c2ccccc2)ccc1C(=O)O)c1cc(N2CCC2)ccc1O. The predicted molar refractivity (Wildman–Crippen MR) is 112 cm³/mol. The van der Waals surface area contributed by atoms with E-state index >= 15 is 0 Å². The number of anilines is 2. The van der Waals surface area contributed by atoms with Crippen molar-refractivity contribution in [1.82, 2.24) is 0 Å². The molecule has 0 spiro atoms. The fraction of sp³-hybridized carbons (Fsp3) is 0.130. The molecule has 3 aromatic carbocycles. The second kappa shape index (κ2) is 7.67. The Morgan fingerprint density at radius 2 is 1.62 bits per heavy atom. The third-order valence-electron chi connectivity index (χ3n) is 5.05. The Hall–Kier alpha value is -3.80. The van der Waals surface area contributed by atoms with Crippen LogP contribution in [-0.4, -0.2) is 35.2 Å². The molecule has 1 saturated heterocycles. The number of aromatic carboxylic acids is 1. The summed E-state index contributed by atoms with van der Waals surface area (Å²) in [7, 11) is 0. The first-order valence-electron chi connectivity index (χ1n) is 9.35. The first kappa shape index (κ1) is 18.6. The number of carboxylic acids is 1. The highest BCUT2D eigenvalue weighted by Gasteiger charge is 2.20. The molecule has 1 fully saturated rings. The van der Waals surface area contributed by atoms with Crippen LogP contribution in [0.3, 0.4) is 0 Å². The Morgan fingerprint density at radius 3 is 2.28 bits per heavy atom. The summed E-state index contributed by atoms with van der Waals surface area (Å²) in [5.41, 5.74) is 2.81. The van der Waals surface area contributed by atoms with E-state index in [9.17, 15) is 19.8 Å². The van der Waals surface area contributed by atoms with Crippen LogP contribution in [0.15, 0.2) is 66.7 Å². The first-order chi connectivity index (χ1) is 14.0. The summed E-state index contributed by atoms with van der Waals surface area (Å²) in [6.07, 6.45) is 1.09. The number of benzene rings is 3. The summed E-state index contributed by atoms with van der Waals surface area (Å²) in [4.78, 5) is 26.6. The summed E-state index contributed by atoms with van der Waals surface area (Å²) >= 11 is 0. The maximum absolute atomic E-state index is 12.9. The van der Waals surface area contributed by atoms with Crippen LogP contribution in [0.25, 0.3) is 11.1 Å². The second-order valence-electron chi connectivity index (χ2n) is 6.93. The Morgan fingerprint density at radius 1 is 0.862 bits per heavy atom. The van der Waals surface area contributed by atoms with E-state index in [0.717, 1.165) is 36.3 Å². The number of rotatable bonds is 5. The van der Waals surface area contributed by atoms with Gasteiger partial charge < -0.3 is 20.4 Å². The van der Waals surface area contributed by atoms with Crippen molar-refractivity contribution >= 4 is 23.3 Å². The van der Waals surface area contributed by atoms with Gasteiger partial charge in [0, 0.05) is 18.8 Å². The van der Waals surface area contributed by atoms with Crippen LogP contribution in [0.2, 0.25) is 0 Å². The van der Waals surface area contributed by atoms with E-state index < -0.39 is 11.9 Å². The van der Waals surface area contributed by atoms with E-state index in [-0.39, 0.29) is 22.6 Å². The fourth-order valence-corrected chi connectivity index (χ4v) is 3.31. The van der Waals surface area contributed by atoms with Crippen LogP contribution in [0.5, 0.6) is 5.75 Å². The molecule has 6 heteroatoms. The molecule has 1 aliphatic heterocycles. The van der Waals surface area contributed by atoms with Gasteiger partial charge in [0.2, 0.25) is 0 Å². The van der Waals surface area contributed by atoms with E-state index in [1.807, 2.05) is 30.3 Å². The van der Waals surface area contributed by atoms with Gasteiger partial charge in [0.05, 0.1) is 16.8 Å². The van der Waals surface area contributed by atoms with Crippen LogP contribution in [0.4, 0.5) is 11.4 Å². The van der Waals surface area contributed by atoms with Crippen LogP contribution in [0.1, 0.15) is 27.1 Å². The van der Waals surface area contributed by atoms with Gasteiger partial charge in [-0.25, -0.2) is 4.79 Å². The molecule has 1 heterocycles. The van der Waals surface area contributed by atoms with E-state index in [0.29, 0.717) is 0 Å². The molecule has 3 N–H and O–H groups in total. The predicted octanol–water partition coefficient (Wildman–Crippen LogP) is 4.22. The number of amides is 1. The van der Waals surface area contributed by atoms with Crippen LogP contribution >= 0.6 is 0 Å². The first-order valence-corrected chi connectivity index (χ1v) is 9.35. The van der Waals surface area contributed by atoms with Crippen molar-refractivity contribution in [2.75, 3.05) is 23.3 Å². The van der Waals surface area contributed by atoms with Gasteiger partial charge in [0.25, 0.3) is 5.91 Å². The van der Waals surface area contributed by atoms with Gasteiger partial charge in [-0.05, 0) is 47.9 Å². The van der Waals surface area contributed by atoms with Crippen LogP contribution < -0.4 is 10.2 Å². The van der Waals surface area contributed by atoms with Crippen molar-refractivity contribution in [3.05, 3.63) is 77.9 Å². The maximum Gasteiger partial charge on any atom is 0.337 e. The molecule has 1 amide bonds. The number of nitrogens with zero attached hydrogens (tertiary/aromatic N) is 1. The standard InChI is InChI=1S/C23H20N2O4/c26-21-10-8-17(25-11-4-12-25)14-19(21)22(27)24-20-13-16(7-9-18(20)23(28)29)15-5-2-1-3-6-15/h1-3,5-10,13-14,26H,4,11-12H2,(H,24,27)(H,28,29). The highest BCUT2D eigenvalue weighted by atomic mass is 16.4. The van der Waals surface area contributed by atoms with Crippen molar-refractivity contribution in [3.63, 3.8) is 0 Å². The zero-order valence-corrected chi connectivity index (χ0v) is 15.6. The molecule has 0 aromatic heterocycles. The number of carbonyl (C=O) groups is 2. The maximum atomic E-state index is 12.9. The summed E-state index contributed by atoms with van der Waals surface area (Å²) in [5.74, 6) is -1.85. The number of hydrogen-bond donors (Lipinski definition) is 3. The molecular weight excluding hydrogens is 368 g/mol. The summed E-state index contributed by atoms with van der Waals surface area (Å²) in [5, 5.41) is 22.3. The minimum absolute atomic E-state index is 0.0172. The quantitative estimate of drug-likeness (QED) is 0.609. The minimum atomic E-state index is -1.14. The molecule has 0 aliphatic carbocycles. The Bertz CT molecular complexity index is 1080. The Labute approximate surface area is 168 Å². The molecule has 0 bridgehead atoms. The summed E-state index contributed by atoms with van der Waals surface area (Å²) in [6.45, 7) is 1.82. The summed E-state index contributed by atoms with van der Waals surface area (Å²) in [6, 6.07) is 19.2. The lowest BCUT2D eigenvalue weighted by Gasteiger charge is -2.33. The molecular formula is C23H20N2O4. The Balaban J connectivity index is 1.67. The summed E-state index contributed by atoms with van der Waals surface area (Å²) < 4.78 is 0. The zero-order valence-electron chi connectivity index (χ0n) is 15.6. The fourth-order valence-electron chi connectivity index (χ4n) is 3.31. The Kier molecular flexibility index (Phi) is 4.91. The molecule has 1 aliphatic rings. The number of phenolic OH excluding ortho intramolecular Hbond substituents is 1. The van der Waals surface area contributed by atoms with Gasteiger partial charge in [-0.1, -0.05) is 36.4 Å². The van der Waals surface area contributed by atoms with Crippen molar-refractivity contribution < 1.29 is 19.8 Å². The molecule has 146 valence electrons. The number of carboxylic acid groups (broad SMARTS) is 1. The average Bonchev–Trinajstić information content (AvgIpc) is 2.68. The van der Waals surface area contributed by atoms with Crippen molar-refractivity contribution in [2.24, 2.45) is 0 Å². The third kappa shape index (κ3) is 3.78. The third-order valence-corrected chi connectivity index (χ3v) is 5.05. The largest absolute Gasteiger partial charge is 0.507 e. The van der Waals surface area contributed by atoms with E-state index in [1.165, 1.54) is 12.1 Å². The van der Waals surface area contributed by atoms with Gasteiger partial charge in [0.15, 0.2) is 0 Å². The second-order valence-corrected chi connectivity index (χ2v) is 6.93. The van der Waals surface area contributed by atoms with Crippen molar-refractivity contribution in [2.45, 2.75) is 6.42 Å². The lowest BCUT2D eigenvalue weighted by atomic mass is 10.0. The lowest BCUT2D eigenvalue weighted by molar-refractivity contribution is 0.0698. The number of carbonyl (C=O) groups excluding carboxylic acids is 1. The van der Waals surface area contributed by atoms with Crippen molar-refractivity contribution in [3.8, 4) is 16.9 Å². The number of phenols is 1. The molecule has 4 rings (SSSR count). The van der Waals surface area contributed by atoms with Crippen LogP contribution in [-0.2, 0) is 0 Å². The minimum Gasteiger partial charge on any atom is -0.507 e. The highest BCUT2D eigenvalue weighted by Crippen LogP contribution is 2.30. The van der Waals surface area contributed by atoms with Crippen molar-refractivity contribution in [1.29, 1.82) is 0 Å². The highest BCUT2D eigenvalue weighted by molar-refractivity contribution is 6.10. The van der Waals surface area contributed by atoms with Gasteiger partial charge in [-0.15, -0.1) is 0 Å². The monoisotopic (exact) mass is 388 g/mol. The molecule has 0 unspecified atom stereocenters. The number of nitrogens with one attached hydrogen (secondary N) is 1. The van der Waals surface area contributed by atoms with Gasteiger partial charge in [0.1, 0.15) is 5.75 Å². The molecule has 0 saturated carbocycles. The van der Waals surface area contributed by atoms with E-state index in [4.69, 9.17) is 0 Å². The van der Waals surface area contributed by atoms with Gasteiger partial charge >= 0.3 is 5.97 Å². The molecule has 0 atom stereocenters. The van der Waals surface area contributed by atoms with Gasteiger partial charge in [-0.2, -0.15) is 0 Å². The molecule has 0 radical (unpaired) electrons. The van der Waals surface area contributed by atoms with Crippen LogP contribution in [0, 0.1) is 0 Å². The number of hydrogen-bond acceptors (Lipinski definition) is 4. The molecule has 29 heavy (non-hydrogen) atoms. The van der Waals surface area contributed by atoms with E-state index in [1.54, 1.807) is 24.3 Å². The van der Waals surface area contributed by atoms with Gasteiger partial charge in [-0.3, -0.25) is 4.79 Å². The lowest BCUT2D eigenvalue weighted by Crippen LogP contribution is -2.37. The smallest absolute Gasteiger partial charge is 0.337 e. The average molecular weight is 388 g/mol. The molecule has 3 aromatic rings. The number of aromatic hydroxyl groups is 1. The topological polar surface area (TPSA) is 89.9 Å². The zero-order chi connectivity index (χ0) is 20.4. The molecule has 6 nitrogen and oxygen atoms in total. The normalized spacial score (nSPS) is 12.9. The van der Waals surface area contributed by atoms with E-state index in [2.05, 4.69) is 10.2 Å².